The van der Waals surface area contributed by atoms with Gasteiger partial charge in [0.25, 0.3) is 0 Å². The molecule has 156 valence electrons. The van der Waals surface area contributed by atoms with E-state index in [0.717, 1.165) is 11.9 Å². The minimum Gasteiger partial charge on any atom is -0.477 e. The van der Waals surface area contributed by atoms with E-state index in [2.05, 4.69) is 63.2 Å². The molecule has 1 N–H and O–H groups in total. The molecule has 1 heterocycles. The minimum atomic E-state index is 0. The Kier molecular flexibility index (Phi) is 61.7. The van der Waals surface area contributed by atoms with Crippen LogP contribution in [-0.4, -0.2) is 8.80 Å². The molecule has 0 aliphatic heterocycles. The fourth-order valence-corrected chi connectivity index (χ4v) is 1.27. The van der Waals surface area contributed by atoms with E-state index in [-0.39, 0.29) is 69.4 Å². The van der Waals surface area contributed by atoms with Gasteiger partial charge in [-0.15, -0.1) is 55.1 Å². The van der Waals surface area contributed by atoms with E-state index in [1.54, 1.807) is 0 Å². The monoisotopic (exact) mass is 433 g/mol. The Morgan fingerprint density at radius 1 is 0.962 bits per heavy atom. The third-order valence-corrected chi connectivity index (χ3v) is 1.98. The van der Waals surface area contributed by atoms with E-state index in [0.29, 0.717) is 0 Å². The van der Waals surface area contributed by atoms with Crippen LogP contribution < -0.4 is 0 Å². The van der Waals surface area contributed by atoms with Crippen molar-refractivity contribution in [2.75, 3.05) is 0 Å². The van der Waals surface area contributed by atoms with Gasteiger partial charge in [-0.3, -0.25) is 6.08 Å². The summed E-state index contributed by atoms with van der Waals surface area (Å²) in [5.74, 6) is 0. The van der Waals surface area contributed by atoms with Crippen molar-refractivity contribution in [2.45, 2.75) is 20.3 Å². The number of fused-ring (bicyclic) bond motifs is 1. The van der Waals surface area contributed by atoms with Crippen LogP contribution in [0, 0.1) is 56.8 Å². The van der Waals surface area contributed by atoms with Crippen molar-refractivity contribution in [3.05, 3.63) is 105 Å². The van der Waals surface area contributed by atoms with E-state index >= 15 is 0 Å². The first kappa shape index (κ1) is 49.9. The summed E-state index contributed by atoms with van der Waals surface area (Å²) in [5, 5.41) is 1.22. The molecule has 1 aromatic heterocycles. The number of para-hydroxylation sites is 1. The molecule has 0 spiro atoms. The first-order chi connectivity index (χ1) is 8.70. The molecule has 2 aromatic rings. The summed E-state index contributed by atoms with van der Waals surface area (Å²) in [5.41, 5.74) is 1.15. The van der Waals surface area contributed by atoms with Crippen LogP contribution in [0.5, 0.6) is 0 Å². The summed E-state index contributed by atoms with van der Waals surface area (Å²) in [4.78, 5) is 2.99. The topological polar surface area (TPSA) is 15.8 Å². The summed E-state index contributed by atoms with van der Waals surface area (Å²) in [6, 6.07) is 10.1. The van der Waals surface area contributed by atoms with Crippen molar-refractivity contribution >= 4 is 39.5 Å². The van der Waals surface area contributed by atoms with Crippen molar-refractivity contribution in [2.24, 2.45) is 0 Å². The van der Waals surface area contributed by atoms with Crippen molar-refractivity contribution in [1.29, 1.82) is 0 Å². The molecule has 0 fully saturated rings. The third kappa shape index (κ3) is 25.6. The third-order valence-electron chi connectivity index (χ3n) is 1.98. The number of aromatic nitrogens is 1. The van der Waals surface area contributed by atoms with Gasteiger partial charge in [0.2, 0.25) is 0 Å². The van der Waals surface area contributed by atoms with Gasteiger partial charge in [-0.05, 0) is 0 Å². The Hall–Kier alpha value is -0.596. The largest absolute Gasteiger partial charge is 0.477 e. The second-order valence-corrected chi connectivity index (χ2v) is 5.57. The molecule has 3 rings (SSSR count). The van der Waals surface area contributed by atoms with Crippen LogP contribution >= 0.6 is 24.8 Å². The maximum atomic E-state index is 2.99. The van der Waals surface area contributed by atoms with Crippen LogP contribution in [0.4, 0.5) is 0 Å². The van der Waals surface area contributed by atoms with E-state index in [1.165, 1.54) is 9.20 Å². The van der Waals surface area contributed by atoms with Gasteiger partial charge in [0.05, 0.1) is 0 Å². The molecule has 0 bridgehead atoms. The zero-order chi connectivity index (χ0) is 13.2. The van der Waals surface area contributed by atoms with Crippen molar-refractivity contribution < 1.29 is 20.0 Å². The normalized spacial score (nSPS) is 7.88. The van der Waals surface area contributed by atoms with Crippen LogP contribution in [0.2, 0.25) is 0 Å². The Morgan fingerprint density at radius 2 is 1.46 bits per heavy atom. The molecule has 0 saturated heterocycles. The molecule has 26 heavy (non-hydrogen) atoms. The first-order valence-corrected chi connectivity index (χ1v) is 6.65. The SMILES string of the molecule is C[C](C)=[Ti].Cl.Cl.[C-]1=CC=CC1.[CH3-].[CH3-].[CH3-].[CH3-].[CH3-].[CH3-].[c-]1cc2ccccc2[nH]1. The number of hydrogen-bond donors (Lipinski definition) is 1. The number of hydrogen-bond acceptors (Lipinski definition) is 0. The van der Waals surface area contributed by atoms with Gasteiger partial charge in [0.15, 0.2) is 0 Å². The Bertz CT molecular complexity index is 502. The van der Waals surface area contributed by atoms with E-state index in [1.807, 2.05) is 36.4 Å². The molecular formula is C22H37Cl2NTi-8. The Balaban J connectivity index is -0.0000000289. The molecule has 0 amide bonds. The smallest absolute Gasteiger partial charge is 0.0745 e. The van der Waals surface area contributed by atoms with E-state index in [9.17, 15) is 0 Å². The van der Waals surface area contributed by atoms with Gasteiger partial charge in [0.1, 0.15) is 0 Å². The molecule has 0 unspecified atom stereocenters. The van der Waals surface area contributed by atoms with Crippen molar-refractivity contribution in [3.8, 4) is 0 Å². The first-order valence-electron chi connectivity index (χ1n) is 5.87. The molecule has 1 aliphatic rings. The summed E-state index contributed by atoms with van der Waals surface area (Å²) < 4.78 is 1.42. The van der Waals surface area contributed by atoms with E-state index < -0.39 is 0 Å². The number of nitrogens with one attached hydrogen (secondary N) is 1. The summed E-state index contributed by atoms with van der Waals surface area (Å²) >= 11 is 2.08. The zero-order valence-corrected chi connectivity index (χ0v) is 20.8. The molecule has 0 radical (unpaired) electrons. The molecule has 0 saturated carbocycles. The van der Waals surface area contributed by atoms with Gasteiger partial charge in [-0.25, -0.2) is 12.2 Å². The fraction of sp³-hybridized carbons (Fsp3) is 0.136. The fourth-order valence-electron chi connectivity index (χ4n) is 1.27. The Labute approximate surface area is 189 Å². The van der Waals surface area contributed by atoms with Crippen molar-refractivity contribution in [3.63, 3.8) is 0 Å². The van der Waals surface area contributed by atoms with Gasteiger partial charge in [-0.1, -0.05) is 12.1 Å². The molecule has 0 atom stereocenters. The summed E-state index contributed by atoms with van der Waals surface area (Å²) in [6.45, 7) is 4.17. The minimum absolute atomic E-state index is 0. The van der Waals surface area contributed by atoms with E-state index in [4.69, 9.17) is 0 Å². The standard InChI is InChI=1S/C8H6N.C5H5.C3H6.6CH3.2ClH.Ti/c1-2-4-8-7(3-1)5-6-9-8;1-2-4-5-3-1;1-3-2;;;;;;;;;/h1-5,9H;1-3H,4H2;1-2H3;6*1H3;2*1H;/q2*-1;;6*-1;;;. The summed E-state index contributed by atoms with van der Waals surface area (Å²) in [6.07, 6.45) is 12.9. The average molecular weight is 434 g/mol. The average Bonchev–Trinajstić information content (AvgIpc) is 3.03. The summed E-state index contributed by atoms with van der Waals surface area (Å²) in [7, 11) is 0. The predicted octanol–water partition coefficient (Wildman–Crippen LogP) is 7.56. The quantitative estimate of drug-likeness (QED) is 0.325. The predicted molar refractivity (Wildman–Crippen MR) is 128 cm³/mol. The number of allylic oxidation sites excluding steroid dienone is 4. The van der Waals surface area contributed by atoms with Crippen molar-refractivity contribution in [1.82, 2.24) is 4.98 Å². The van der Waals surface area contributed by atoms with Gasteiger partial charge in [0, 0.05) is 0 Å². The molecule has 1 aliphatic carbocycles. The van der Waals surface area contributed by atoms with Crippen LogP contribution in [0.1, 0.15) is 20.3 Å². The molecule has 1 aromatic carbocycles. The van der Waals surface area contributed by atoms with Gasteiger partial charge >= 0.3 is 37.6 Å². The number of aromatic amines is 1. The van der Waals surface area contributed by atoms with Crippen LogP contribution in [0.3, 0.4) is 0 Å². The van der Waals surface area contributed by atoms with Crippen LogP contribution in [0.25, 0.3) is 10.9 Å². The van der Waals surface area contributed by atoms with Gasteiger partial charge < -0.3 is 49.5 Å². The molecule has 1 nitrogen and oxygen atoms in total. The van der Waals surface area contributed by atoms with Gasteiger partial charge in [-0.2, -0.15) is 17.5 Å². The number of rotatable bonds is 0. The molecule has 4 heteroatoms. The number of H-pyrrole nitrogens is 1. The number of benzene rings is 1. The number of halogens is 2. The Morgan fingerprint density at radius 3 is 1.81 bits per heavy atom. The van der Waals surface area contributed by atoms with Crippen LogP contribution in [-0.2, 0) is 20.0 Å². The maximum Gasteiger partial charge on any atom is -0.0745 e. The second-order valence-electron chi connectivity index (χ2n) is 4.00. The zero-order valence-electron chi connectivity index (χ0n) is 17.6. The second kappa shape index (κ2) is 32.1. The maximum absolute atomic E-state index is 2.99. The van der Waals surface area contributed by atoms with Crippen LogP contribution in [0.15, 0.2) is 48.6 Å². The molecular weight excluding hydrogens is 397 g/mol.